The summed E-state index contributed by atoms with van der Waals surface area (Å²) in [4.78, 5) is 2.27. The van der Waals surface area contributed by atoms with Crippen molar-refractivity contribution in [2.24, 2.45) is 0 Å². The zero-order valence-corrected chi connectivity index (χ0v) is 20.1. The summed E-state index contributed by atoms with van der Waals surface area (Å²) >= 11 is 0. The highest BCUT2D eigenvalue weighted by atomic mass is 19.1. The SMILES string of the molecule is C=CNCC(=C)CN(Cc1cc(F)ccc1CC)c1ccc(OC)c(CCCCCC)c1. The van der Waals surface area contributed by atoms with Crippen LogP contribution >= 0.6 is 0 Å². The van der Waals surface area contributed by atoms with E-state index in [1.165, 1.54) is 30.4 Å². The number of nitrogens with zero attached hydrogens (tertiary/aromatic N) is 1. The lowest BCUT2D eigenvalue weighted by Gasteiger charge is -2.28. The fraction of sp³-hybridized carbons (Fsp3) is 0.429. The minimum atomic E-state index is -0.198. The Morgan fingerprint density at radius 3 is 2.56 bits per heavy atom. The van der Waals surface area contributed by atoms with Gasteiger partial charge >= 0.3 is 0 Å². The lowest BCUT2D eigenvalue weighted by Crippen LogP contribution is -2.28. The molecule has 0 aliphatic rings. The number of anilines is 1. The van der Waals surface area contributed by atoms with Gasteiger partial charge in [-0.15, -0.1) is 0 Å². The van der Waals surface area contributed by atoms with Crippen molar-refractivity contribution in [1.82, 2.24) is 5.32 Å². The molecule has 0 spiro atoms. The van der Waals surface area contributed by atoms with E-state index < -0.39 is 0 Å². The number of aryl methyl sites for hydroxylation is 2. The molecule has 0 aromatic heterocycles. The molecule has 174 valence electrons. The zero-order chi connectivity index (χ0) is 23.3. The van der Waals surface area contributed by atoms with Gasteiger partial charge in [-0.1, -0.05) is 52.3 Å². The third-order valence-electron chi connectivity index (χ3n) is 5.75. The van der Waals surface area contributed by atoms with Crippen LogP contribution in [-0.4, -0.2) is 20.2 Å². The first kappa shape index (κ1) is 25.5. The summed E-state index contributed by atoms with van der Waals surface area (Å²) in [5.41, 5.74) is 5.54. The van der Waals surface area contributed by atoms with Gasteiger partial charge in [0.15, 0.2) is 0 Å². The van der Waals surface area contributed by atoms with E-state index in [0.29, 0.717) is 19.6 Å². The number of methoxy groups -OCH3 is 1. The van der Waals surface area contributed by atoms with Crippen molar-refractivity contribution in [3.05, 3.63) is 83.8 Å². The Labute approximate surface area is 194 Å². The number of hydrogen-bond donors (Lipinski definition) is 1. The fourth-order valence-electron chi connectivity index (χ4n) is 3.97. The van der Waals surface area contributed by atoms with E-state index in [1.54, 1.807) is 25.4 Å². The predicted octanol–water partition coefficient (Wildman–Crippen LogP) is 6.82. The Balaban J connectivity index is 2.34. The molecule has 0 aliphatic carbocycles. The van der Waals surface area contributed by atoms with Gasteiger partial charge in [0.25, 0.3) is 0 Å². The van der Waals surface area contributed by atoms with Crippen LogP contribution in [0, 0.1) is 5.82 Å². The van der Waals surface area contributed by atoms with Crippen molar-refractivity contribution in [2.45, 2.75) is 58.9 Å². The molecule has 1 N–H and O–H groups in total. The van der Waals surface area contributed by atoms with Crippen LogP contribution in [0.1, 0.15) is 56.2 Å². The second-order valence-electron chi connectivity index (χ2n) is 8.26. The first-order chi connectivity index (χ1) is 15.5. The van der Waals surface area contributed by atoms with Gasteiger partial charge in [-0.2, -0.15) is 0 Å². The monoisotopic (exact) mass is 438 g/mol. The van der Waals surface area contributed by atoms with Crippen LogP contribution in [0.2, 0.25) is 0 Å². The number of nitrogens with one attached hydrogen (secondary N) is 1. The molecule has 0 saturated carbocycles. The van der Waals surface area contributed by atoms with E-state index >= 15 is 0 Å². The smallest absolute Gasteiger partial charge is 0.123 e. The van der Waals surface area contributed by atoms with E-state index in [0.717, 1.165) is 41.8 Å². The van der Waals surface area contributed by atoms with Gasteiger partial charge in [0, 0.05) is 25.3 Å². The molecule has 0 unspecified atom stereocenters. The molecule has 0 saturated heterocycles. The summed E-state index contributed by atoms with van der Waals surface area (Å²) in [5.74, 6) is 0.730. The Kier molecular flexibility index (Phi) is 10.9. The highest BCUT2D eigenvalue weighted by Crippen LogP contribution is 2.29. The number of unbranched alkanes of at least 4 members (excludes halogenated alkanes) is 3. The highest BCUT2D eigenvalue weighted by Gasteiger charge is 2.15. The minimum absolute atomic E-state index is 0.198. The highest BCUT2D eigenvalue weighted by molar-refractivity contribution is 5.55. The van der Waals surface area contributed by atoms with E-state index in [1.807, 2.05) is 6.07 Å². The van der Waals surface area contributed by atoms with Gasteiger partial charge in [0.2, 0.25) is 0 Å². The minimum Gasteiger partial charge on any atom is -0.496 e. The molecule has 0 fully saturated rings. The summed E-state index contributed by atoms with van der Waals surface area (Å²) in [6.07, 6.45) is 8.38. The third kappa shape index (κ3) is 7.74. The molecule has 0 heterocycles. The van der Waals surface area contributed by atoms with Crippen LogP contribution in [0.15, 0.2) is 61.3 Å². The molecule has 4 heteroatoms. The Bertz CT molecular complexity index is 878. The molecule has 0 radical (unpaired) electrons. The third-order valence-corrected chi connectivity index (χ3v) is 5.75. The van der Waals surface area contributed by atoms with Crippen molar-refractivity contribution in [3.63, 3.8) is 0 Å². The normalized spacial score (nSPS) is 10.6. The molecule has 0 amide bonds. The summed E-state index contributed by atoms with van der Waals surface area (Å²) < 4.78 is 19.7. The topological polar surface area (TPSA) is 24.5 Å². The summed E-state index contributed by atoms with van der Waals surface area (Å²) in [6, 6.07) is 11.5. The number of rotatable bonds is 15. The van der Waals surface area contributed by atoms with Crippen LogP contribution in [0.5, 0.6) is 5.75 Å². The molecular weight excluding hydrogens is 399 g/mol. The molecule has 2 aromatic carbocycles. The summed E-state index contributed by atoms with van der Waals surface area (Å²) in [5, 5.41) is 3.13. The average Bonchev–Trinajstić information content (AvgIpc) is 2.80. The van der Waals surface area contributed by atoms with E-state index in [4.69, 9.17) is 4.74 Å². The van der Waals surface area contributed by atoms with Gasteiger partial charge in [-0.25, -0.2) is 4.39 Å². The Hall–Kier alpha value is -2.75. The quantitative estimate of drug-likeness (QED) is 0.244. The molecule has 0 bridgehead atoms. The van der Waals surface area contributed by atoms with Gasteiger partial charge in [0.1, 0.15) is 11.6 Å². The Morgan fingerprint density at radius 2 is 1.88 bits per heavy atom. The second-order valence-corrected chi connectivity index (χ2v) is 8.26. The number of benzene rings is 2. The number of ether oxygens (including phenoxy) is 1. The van der Waals surface area contributed by atoms with Crippen LogP contribution < -0.4 is 15.0 Å². The standard InChI is InChI=1S/C28H39FN2O/c1-6-9-10-11-12-24-18-27(15-16-28(24)32-5)31(20-22(4)19-30-8-3)21-25-17-26(29)14-13-23(25)7-2/h8,13-18,30H,3-4,6-7,9-12,19-21H2,1-2,5H3. The molecule has 0 atom stereocenters. The first-order valence-electron chi connectivity index (χ1n) is 11.7. The van der Waals surface area contributed by atoms with Crippen molar-refractivity contribution in [2.75, 3.05) is 25.1 Å². The van der Waals surface area contributed by atoms with Crippen molar-refractivity contribution >= 4 is 5.69 Å². The predicted molar refractivity (Wildman–Crippen MR) is 135 cm³/mol. The maximum Gasteiger partial charge on any atom is 0.123 e. The fourth-order valence-corrected chi connectivity index (χ4v) is 3.97. The van der Waals surface area contributed by atoms with Crippen LogP contribution in [-0.2, 0) is 19.4 Å². The molecule has 3 nitrogen and oxygen atoms in total. The lowest BCUT2D eigenvalue weighted by atomic mass is 10.0. The van der Waals surface area contributed by atoms with E-state index in [2.05, 4.69) is 55.4 Å². The van der Waals surface area contributed by atoms with Crippen LogP contribution in [0.3, 0.4) is 0 Å². The average molecular weight is 439 g/mol. The van der Waals surface area contributed by atoms with Gasteiger partial charge in [-0.3, -0.25) is 0 Å². The van der Waals surface area contributed by atoms with E-state index in [9.17, 15) is 4.39 Å². The van der Waals surface area contributed by atoms with Crippen LogP contribution in [0.4, 0.5) is 10.1 Å². The second kappa shape index (κ2) is 13.6. The zero-order valence-electron chi connectivity index (χ0n) is 20.1. The summed E-state index contributed by atoms with van der Waals surface area (Å²) in [6.45, 7) is 14.2. The molecular formula is C28H39FN2O. The van der Waals surface area contributed by atoms with Crippen molar-refractivity contribution in [1.29, 1.82) is 0 Å². The largest absolute Gasteiger partial charge is 0.496 e. The van der Waals surface area contributed by atoms with Crippen molar-refractivity contribution < 1.29 is 9.13 Å². The molecule has 0 aliphatic heterocycles. The maximum atomic E-state index is 14.1. The lowest BCUT2D eigenvalue weighted by molar-refractivity contribution is 0.408. The summed E-state index contributed by atoms with van der Waals surface area (Å²) in [7, 11) is 1.73. The van der Waals surface area contributed by atoms with Gasteiger partial charge in [-0.05, 0) is 78.1 Å². The van der Waals surface area contributed by atoms with Gasteiger partial charge < -0.3 is 15.0 Å². The molecule has 2 aromatic rings. The molecule has 32 heavy (non-hydrogen) atoms. The number of halogens is 1. The van der Waals surface area contributed by atoms with E-state index in [-0.39, 0.29) is 5.82 Å². The van der Waals surface area contributed by atoms with Crippen LogP contribution in [0.25, 0.3) is 0 Å². The number of hydrogen-bond acceptors (Lipinski definition) is 3. The first-order valence-corrected chi connectivity index (χ1v) is 11.7. The van der Waals surface area contributed by atoms with Gasteiger partial charge in [0.05, 0.1) is 7.11 Å². The Morgan fingerprint density at radius 1 is 1.06 bits per heavy atom. The molecule has 2 rings (SSSR count). The maximum absolute atomic E-state index is 14.1. The van der Waals surface area contributed by atoms with Crippen molar-refractivity contribution in [3.8, 4) is 5.75 Å².